The minimum absolute atomic E-state index is 0.182. The van der Waals surface area contributed by atoms with E-state index in [1.807, 2.05) is 25.1 Å². The second-order valence-corrected chi connectivity index (χ2v) is 5.07. The smallest absolute Gasteiger partial charge is 0.319 e. The molecule has 0 aliphatic carbocycles. The Labute approximate surface area is 115 Å². The number of benzene rings is 1. The van der Waals surface area contributed by atoms with Crippen molar-refractivity contribution in [2.24, 2.45) is 5.92 Å². The lowest BCUT2D eigenvalue weighted by Gasteiger charge is -2.10. The molecule has 2 amide bonds. The molecule has 0 fully saturated rings. The molecule has 90 valence electrons. The van der Waals surface area contributed by atoms with Gasteiger partial charge in [-0.15, -0.1) is 0 Å². The van der Waals surface area contributed by atoms with Gasteiger partial charge in [-0.05, 0) is 60.2 Å². The number of rotatable bonds is 3. The van der Waals surface area contributed by atoms with E-state index in [9.17, 15) is 4.79 Å². The minimum Gasteiger partial charge on any atom is -0.337 e. The van der Waals surface area contributed by atoms with Gasteiger partial charge in [-0.2, -0.15) is 5.26 Å². The number of aryl methyl sites for hydroxylation is 1. The van der Waals surface area contributed by atoms with Crippen LogP contribution in [0.5, 0.6) is 0 Å². The molecule has 0 unspecified atom stereocenters. The van der Waals surface area contributed by atoms with E-state index in [1.54, 1.807) is 6.92 Å². The Morgan fingerprint density at radius 1 is 1.59 bits per heavy atom. The van der Waals surface area contributed by atoms with Crippen molar-refractivity contribution in [3.05, 3.63) is 27.3 Å². The van der Waals surface area contributed by atoms with Crippen LogP contribution in [0.1, 0.15) is 12.5 Å². The average Bonchev–Trinajstić information content (AvgIpc) is 2.29. The number of hydrogen-bond acceptors (Lipinski definition) is 2. The zero-order chi connectivity index (χ0) is 12.8. The molecule has 0 aromatic heterocycles. The van der Waals surface area contributed by atoms with Crippen LogP contribution in [0, 0.1) is 27.7 Å². The van der Waals surface area contributed by atoms with Gasteiger partial charge in [0.1, 0.15) is 0 Å². The van der Waals surface area contributed by atoms with E-state index in [0.717, 1.165) is 14.8 Å². The Balaban J connectivity index is 2.54. The van der Waals surface area contributed by atoms with Crippen LogP contribution in [0.4, 0.5) is 10.5 Å². The molecule has 0 bridgehead atoms. The number of halogens is 1. The molecule has 0 aliphatic heterocycles. The number of amides is 2. The Morgan fingerprint density at radius 2 is 2.29 bits per heavy atom. The van der Waals surface area contributed by atoms with Gasteiger partial charge in [0.25, 0.3) is 0 Å². The molecule has 4 nitrogen and oxygen atoms in total. The van der Waals surface area contributed by atoms with E-state index in [1.165, 1.54) is 0 Å². The summed E-state index contributed by atoms with van der Waals surface area (Å²) in [4.78, 5) is 11.5. The maximum Gasteiger partial charge on any atom is 0.319 e. The molecular weight excluding hydrogens is 329 g/mol. The number of carbonyl (C=O) groups is 1. The molecule has 1 aromatic carbocycles. The van der Waals surface area contributed by atoms with Gasteiger partial charge in [-0.25, -0.2) is 4.79 Å². The van der Waals surface area contributed by atoms with E-state index in [4.69, 9.17) is 5.26 Å². The molecule has 5 heteroatoms. The molecule has 1 rings (SSSR count). The van der Waals surface area contributed by atoms with Crippen molar-refractivity contribution in [2.45, 2.75) is 13.8 Å². The molecule has 17 heavy (non-hydrogen) atoms. The van der Waals surface area contributed by atoms with Gasteiger partial charge < -0.3 is 10.6 Å². The normalized spacial score (nSPS) is 11.4. The van der Waals surface area contributed by atoms with Crippen LogP contribution < -0.4 is 10.6 Å². The van der Waals surface area contributed by atoms with Crippen LogP contribution in [-0.4, -0.2) is 12.6 Å². The lowest BCUT2D eigenvalue weighted by molar-refractivity contribution is 0.251. The fourth-order valence-electron chi connectivity index (χ4n) is 1.23. The Kier molecular flexibility index (Phi) is 5.22. The van der Waals surface area contributed by atoms with Crippen molar-refractivity contribution >= 4 is 34.3 Å². The van der Waals surface area contributed by atoms with Crippen LogP contribution in [0.3, 0.4) is 0 Å². The molecule has 0 radical (unpaired) electrons. The second-order valence-electron chi connectivity index (χ2n) is 3.82. The Hall–Kier alpha value is -1.29. The van der Waals surface area contributed by atoms with Crippen molar-refractivity contribution in [3.8, 4) is 6.07 Å². The van der Waals surface area contributed by atoms with Crippen molar-refractivity contribution in [3.63, 3.8) is 0 Å². The zero-order valence-corrected chi connectivity index (χ0v) is 11.9. The van der Waals surface area contributed by atoms with E-state index in [2.05, 4.69) is 39.3 Å². The Morgan fingerprint density at radius 3 is 2.88 bits per heavy atom. The zero-order valence-electron chi connectivity index (χ0n) is 9.75. The number of hydrogen-bond donors (Lipinski definition) is 2. The highest BCUT2D eigenvalue weighted by Crippen LogP contribution is 2.17. The summed E-state index contributed by atoms with van der Waals surface area (Å²) in [7, 11) is 0. The van der Waals surface area contributed by atoms with Crippen LogP contribution in [0.15, 0.2) is 18.2 Å². The molecule has 0 saturated carbocycles. The predicted molar refractivity (Wildman–Crippen MR) is 75.7 cm³/mol. The standard InChI is InChI=1S/C12H14IN3O/c1-8(6-14)7-15-12(17)16-11-4-3-10(13)5-9(11)2/h3-5,8H,7H2,1-2H3,(H2,15,16,17)/t8-/m1/s1. The van der Waals surface area contributed by atoms with Crippen LogP contribution in [0.25, 0.3) is 0 Å². The summed E-state index contributed by atoms with van der Waals surface area (Å²) in [5, 5.41) is 14.0. The molecule has 1 aromatic rings. The first-order valence-corrected chi connectivity index (χ1v) is 6.31. The quantitative estimate of drug-likeness (QED) is 0.829. The Bertz CT molecular complexity index is 454. The topological polar surface area (TPSA) is 64.9 Å². The van der Waals surface area contributed by atoms with Gasteiger partial charge in [-0.3, -0.25) is 0 Å². The molecule has 0 spiro atoms. The molecule has 0 heterocycles. The SMILES string of the molecule is Cc1cc(I)ccc1NC(=O)NC[C@H](C)C#N. The van der Waals surface area contributed by atoms with E-state index < -0.39 is 0 Å². The van der Waals surface area contributed by atoms with E-state index in [0.29, 0.717) is 6.54 Å². The van der Waals surface area contributed by atoms with Crippen LogP contribution in [0.2, 0.25) is 0 Å². The maximum atomic E-state index is 11.5. The van der Waals surface area contributed by atoms with Gasteiger partial charge in [0.2, 0.25) is 0 Å². The van der Waals surface area contributed by atoms with Gasteiger partial charge in [0, 0.05) is 15.8 Å². The third-order valence-electron chi connectivity index (χ3n) is 2.23. The monoisotopic (exact) mass is 343 g/mol. The van der Waals surface area contributed by atoms with Gasteiger partial charge in [0.05, 0.1) is 12.0 Å². The number of nitriles is 1. The summed E-state index contributed by atoms with van der Waals surface area (Å²) < 4.78 is 1.13. The molecule has 2 N–H and O–H groups in total. The van der Waals surface area contributed by atoms with E-state index in [-0.39, 0.29) is 11.9 Å². The van der Waals surface area contributed by atoms with Gasteiger partial charge in [-0.1, -0.05) is 0 Å². The highest BCUT2D eigenvalue weighted by molar-refractivity contribution is 14.1. The number of nitrogens with zero attached hydrogens (tertiary/aromatic N) is 1. The highest BCUT2D eigenvalue weighted by atomic mass is 127. The third kappa shape index (κ3) is 4.61. The first-order valence-electron chi connectivity index (χ1n) is 5.23. The number of carbonyl (C=O) groups excluding carboxylic acids is 1. The summed E-state index contributed by atoms with van der Waals surface area (Å²) in [6, 6.07) is 7.57. The van der Waals surface area contributed by atoms with Crippen molar-refractivity contribution in [2.75, 3.05) is 11.9 Å². The summed E-state index contributed by atoms with van der Waals surface area (Å²) in [5.74, 6) is -0.182. The summed E-state index contributed by atoms with van der Waals surface area (Å²) in [5.41, 5.74) is 1.80. The molecule has 1 atom stereocenters. The first-order chi connectivity index (χ1) is 8.02. The van der Waals surface area contributed by atoms with Crippen LogP contribution in [-0.2, 0) is 0 Å². The molecular formula is C12H14IN3O. The fraction of sp³-hybridized carbons (Fsp3) is 0.333. The van der Waals surface area contributed by atoms with E-state index >= 15 is 0 Å². The molecule has 0 aliphatic rings. The largest absolute Gasteiger partial charge is 0.337 e. The van der Waals surface area contributed by atoms with Gasteiger partial charge in [0.15, 0.2) is 0 Å². The fourth-order valence-corrected chi connectivity index (χ4v) is 1.87. The maximum absolute atomic E-state index is 11.5. The first kappa shape index (κ1) is 13.8. The minimum atomic E-state index is -0.281. The third-order valence-corrected chi connectivity index (χ3v) is 2.90. The summed E-state index contributed by atoms with van der Waals surface area (Å²) in [6.07, 6.45) is 0. The van der Waals surface area contributed by atoms with Gasteiger partial charge >= 0.3 is 6.03 Å². The van der Waals surface area contributed by atoms with Crippen LogP contribution >= 0.6 is 22.6 Å². The predicted octanol–water partition coefficient (Wildman–Crippen LogP) is 2.88. The highest BCUT2D eigenvalue weighted by Gasteiger charge is 2.06. The second kappa shape index (κ2) is 6.45. The lowest BCUT2D eigenvalue weighted by Crippen LogP contribution is -2.32. The van der Waals surface area contributed by atoms with Crippen molar-refractivity contribution in [1.82, 2.24) is 5.32 Å². The van der Waals surface area contributed by atoms with Crippen molar-refractivity contribution < 1.29 is 4.79 Å². The molecule has 0 saturated heterocycles. The van der Waals surface area contributed by atoms with Crippen molar-refractivity contribution in [1.29, 1.82) is 5.26 Å². The number of nitrogens with one attached hydrogen (secondary N) is 2. The number of urea groups is 1. The summed E-state index contributed by atoms with van der Waals surface area (Å²) in [6.45, 7) is 4.05. The average molecular weight is 343 g/mol. The summed E-state index contributed by atoms with van der Waals surface area (Å²) >= 11 is 2.22. The number of anilines is 1. The lowest BCUT2D eigenvalue weighted by atomic mass is 10.2.